The van der Waals surface area contributed by atoms with Crippen LogP contribution in [0.25, 0.3) is 0 Å². The number of piperazine rings is 1. The second-order valence-electron chi connectivity index (χ2n) is 12.8. The molecule has 2 aromatic rings. The van der Waals surface area contributed by atoms with Crippen molar-refractivity contribution < 1.29 is 23.8 Å². The Kier molecular flexibility index (Phi) is 9.79. The molecule has 2 fully saturated rings. The lowest BCUT2D eigenvalue weighted by molar-refractivity contribution is 0.0145. The smallest absolute Gasteiger partial charge is 0.410 e. The SMILES string of the molecule is CN1CCC[C@H]1COc1cc(N2CCN(C(=O)OC(C)(C)C)[C@@H](CC#N)C2)c2c(n1)CN(C(=O)OCc1ccccc1)CC2. The van der Waals surface area contributed by atoms with E-state index in [9.17, 15) is 14.9 Å². The molecule has 5 rings (SSSR count). The van der Waals surface area contributed by atoms with Gasteiger partial charge < -0.3 is 33.8 Å². The Bertz CT molecular complexity index is 1360. The number of aromatic nitrogens is 1. The highest BCUT2D eigenvalue weighted by Gasteiger charge is 2.36. The normalized spacial score (nSPS) is 20.6. The zero-order valence-electron chi connectivity index (χ0n) is 26.3. The molecular formula is C33H44N6O5. The summed E-state index contributed by atoms with van der Waals surface area (Å²) in [5, 5.41) is 9.61. The van der Waals surface area contributed by atoms with E-state index in [1.54, 1.807) is 9.80 Å². The fourth-order valence-electron chi connectivity index (χ4n) is 6.10. The highest BCUT2D eigenvalue weighted by atomic mass is 16.6. The van der Waals surface area contributed by atoms with Crippen molar-refractivity contribution in [2.45, 2.75) is 77.3 Å². The minimum absolute atomic E-state index is 0.196. The van der Waals surface area contributed by atoms with Crippen molar-refractivity contribution in [1.29, 1.82) is 5.26 Å². The van der Waals surface area contributed by atoms with Crippen molar-refractivity contribution >= 4 is 17.9 Å². The number of likely N-dealkylation sites (tertiary alicyclic amines) is 1. The van der Waals surface area contributed by atoms with Crippen molar-refractivity contribution in [3.05, 3.63) is 53.2 Å². The van der Waals surface area contributed by atoms with E-state index in [-0.39, 0.29) is 25.2 Å². The van der Waals surface area contributed by atoms with Crippen LogP contribution in [-0.4, -0.2) is 95.9 Å². The zero-order valence-corrected chi connectivity index (χ0v) is 26.3. The topological polar surface area (TPSA) is 111 Å². The van der Waals surface area contributed by atoms with Crippen molar-refractivity contribution in [2.24, 2.45) is 0 Å². The largest absolute Gasteiger partial charge is 0.476 e. The molecule has 0 saturated carbocycles. The average Bonchev–Trinajstić information content (AvgIpc) is 3.42. The molecule has 236 valence electrons. The van der Waals surface area contributed by atoms with Crippen LogP contribution in [0.1, 0.15) is 56.9 Å². The summed E-state index contributed by atoms with van der Waals surface area (Å²) < 4.78 is 17.6. The summed E-state index contributed by atoms with van der Waals surface area (Å²) in [5.41, 5.74) is 3.14. The molecule has 2 saturated heterocycles. The molecule has 11 nitrogen and oxygen atoms in total. The summed E-state index contributed by atoms with van der Waals surface area (Å²) in [5.74, 6) is 0.518. The number of hydrogen-bond acceptors (Lipinski definition) is 9. The number of benzene rings is 1. The molecule has 44 heavy (non-hydrogen) atoms. The number of pyridine rings is 1. The van der Waals surface area contributed by atoms with Crippen LogP contribution in [0.4, 0.5) is 15.3 Å². The van der Waals surface area contributed by atoms with Crippen molar-refractivity contribution in [3.63, 3.8) is 0 Å². The van der Waals surface area contributed by atoms with E-state index in [0.717, 1.165) is 41.9 Å². The van der Waals surface area contributed by atoms with Crippen molar-refractivity contribution in [1.82, 2.24) is 19.7 Å². The van der Waals surface area contributed by atoms with Crippen LogP contribution in [-0.2, 0) is 29.0 Å². The molecule has 3 aliphatic rings. The highest BCUT2D eigenvalue weighted by molar-refractivity contribution is 5.71. The van der Waals surface area contributed by atoms with Crippen LogP contribution in [0.3, 0.4) is 0 Å². The van der Waals surface area contributed by atoms with Crippen molar-refractivity contribution in [3.8, 4) is 11.9 Å². The van der Waals surface area contributed by atoms with Gasteiger partial charge in [0.15, 0.2) is 0 Å². The number of nitriles is 1. The van der Waals surface area contributed by atoms with Gasteiger partial charge in [-0.05, 0) is 59.2 Å². The summed E-state index contributed by atoms with van der Waals surface area (Å²) in [7, 11) is 2.12. The lowest BCUT2D eigenvalue weighted by Gasteiger charge is -2.43. The lowest BCUT2D eigenvalue weighted by Crippen LogP contribution is -2.56. The highest BCUT2D eigenvalue weighted by Crippen LogP contribution is 2.34. The molecule has 0 bridgehead atoms. The summed E-state index contributed by atoms with van der Waals surface area (Å²) in [6, 6.07) is 13.9. The second kappa shape index (κ2) is 13.7. The molecule has 1 aromatic heterocycles. The monoisotopic (exact) mass is 604 g/mol. The van der Waals surface area contributed by atoms with E-state index < -0.39 is 11.7 Å². The number of hydrogen-bond donors (Lipinski definition) is 0. The number of likely N-dealkylation sites (N-methyl/N-ethyl adjacent to an activating group) is 1. The minimum atomic E-state index is -0.622. The van der Waals surface area contributed by atoms with E-state index in [2.05, 4.69) is 22.9 Å². The molecule has 0 spiro atoms. The maximum Gasteiger partial charge on any atom is 0.410 e. The number of fused-ring (bicyclic) bond motifs is 1. The van der Waals surface area contributed by atoms with Gasteiger partial charge in [-0.25, -0.2) is 14.6 Å². The lowest BCUT2D eigenvalue weighted by atomic mass is 10.0. The third-order valence-corrected chi connectivity index (χ3v) is 8.47. The van der Waals surface area contributed by atoms with E-state index >= 15 is 0 Å². The fourth-order valence-corrected chi connectivity index (χ4v) is 6.10. The molecule has 2 atom stereocenters. The van der Waals surface area contributed by atoms with Gasteiger partial charge in [-0.1, -0.05) is 30.3 Å². The Morgan fingerprint density at radius 3 is 2.57 bits per heavy atom. The van der Waals surface area contributed by atoms with E-state index in [1.807, 2.05) is 57.2 Å². The number of amides is 2. The van der Waals surface area contributed by atoms with Gasteiger partial charge in [-0.3, -0.25) is 0 Å². The van der Waals surface area contributed by atoms with Crippen molar-refractivity contribution in [2.75, 3.05) is 51.3 Å². The number of carbonyl (C=O) groups excluding carboxylic acids is 2. The first-order valence-electron chi connectivity index (χ1n) is 15.5. The second-order valence-corrected chi connectivity index (χ2v) is 12.8. The van der Waals surface area contributed by atoms with E-state index in [4.69, 9.17) is 19.2 Å². The maximum absolute atomic E-state index is 13.1. The van der Waals surface area contributed by atoms with Crippen LogP contribution in [0.2, 0.25) is 0 Å². The van der Waals surface area contributed by atoms with Gasteiger partial charge in [0.25, 0.3) is 0 Å². The number of carbonyl (C=O) groups is 2. The summed E-state index contributed by atoms with van der Waals surface area (Å²) >= 11 is 0. The zero-order chi connectivity index (χ0) is 31.3. The third-order valence-electron chi connectivity index (χ3n) is 8.47. The Balaban J connectivity index is 1.36. The number of ether oxygens (including phenoxy) is 3. The number of rotatable bonds is 7. The molecule has 0 N–H and O–H groups in total. The summed E-state index contributed by atoms with van der Waals surface area (Å²) in [6.07, 6.45) is 2.26. The first-order valence-corrected chi connectivity index (χ1v) is 15.5. The molecule has 0 unspecified atom stereocenters. The quantitative estimate of drug-likeness (QED) is 0.448. The minimum Gasteiger partial charge on any atom is -0.476 e. The first kappa shape index (κ1) is 31.4. The molecule has 0 radical (unpaired) electrons. The third kappa shape index (κ3) is 7.72. The molecule has 11 heteroatoms. The van der Waals surface area contributed by atoms with Gasteiger partial charge in [0.05, 0.1) is 30.8 Å². The predicted molar refractivity (Wildman–Crippen MR) is 165 cm³/mol. The van der Waals surface area contributed by atoms with Crippen LogP contribution < -0.4 is 9.64 Å². The standard InChI is InChI=1S/C33H44N6O5/c1-33(2,3)44-32(41)39-18-17-37(20-25(39)12-14-34)29-19-30(42-23-26-11-8-15-36(26)4)35-28-21-38(16-13-27(28)29)31(40)43-22-24-9-6-5-7-10-24/h5-7,9-10,19,25-26H,8,11-13,15-18,20-23H2,1-4H3/t25-,26-/m0/s1. The van der Waals surface area contributed by atoms with Gasteiger partial charge >= 0.3 is 12.2 Å². The summed E-state index contributed by atoms with van der Waals surface area (Å²) in [4.78, 5) is 38.8. The molecule has 2 amide bonds. The Labute approximate surface area is 260 Å². The Hall–Kier alpha value is -4.04. The van der Waals surface area contributed by atoms with Crippen LogP contribution in [0.5, 0.6) is 5.88 Å². The predicted octanol–water partition coefficient (Wildman–Crippen LogP) is 4.59. The molecule has 1 aromatic carbocycles. The fraction of sp³-hybridized carbons (Fsp3) is 0.576. The van der Waals surface area contributed by atoms with Gasteiger partial charge in [0.2, 0.25) is 5.88 Å². The van der Waals surface area contributed by atoms with Gasteiger partial charge in [0, 0.05) is 49.5 Å². The maximum atomic E-state index is 13.1. The first-order chi connectivity index (χ1) is 21.1. The Morgan fingerprint density at radius 2 is 1.86 bits per heavy atom. The number of nitrogens with zero attached hydrogens (tertiary/aromatic N) is 6. The van der Waals surface area contributed by atoms with Gasteiger partial charge in [0.1, 0.15) is 18.8 Å². The van der Waals surface area contributed by atoms with E-state index in [1.165, 1.54) is 0 Å². The van der Waals surface area contributed by atoms with E-state index in [0.29, 0.717) is 57.7 Å². The van der Waals surface area contributed by atoms with Crippen LogP contribution >= 0.6 is 0 Å². The van der Waals surface area contributed by atoms with Crippen LogP contribution in [0.15, 0.2) is 36.4 Å². The number of anilines is 1. The summed E-state index contributed by atoms with van der Waals surface area (Å²) in [6.45, 7) is 9.63. The molecule has 3 aliphatic heterocycles. The molecular weight excluding hydrogens is 560 g/mol. The Morgan fingerprint density at radius 1 is 1.07 bits per heavy atom. The van der Waals surface area contributed by atoms with Gasteiger partial charge in [-0.2, -0.15) is 5.26 Å². The van der Waals surface area contributed by atoms with Crippen LogP contribution in [0, 0.1) is 11.3 Å². The molecule has 0 aliphatic carbocycles. The van der Waals surface area contributed by atoms with Gasteiger partial charge in [-0.15, -0.1) is 0 Å². The average molecular weight is 605 g/mol. The molecule has 4 heterocycles.